The molecule has 5 heteroatoms. The fourth-order valence-electron chi connectivity index (χ4n) is 2.90. The predicted octanol–water partition coefficient (Wildman–Crippen LogP) is 4.83. The number of rotatable bonds is 10. The van der Waals surface area contributed by atoms with Crippen molar-refractivity contribution in [3.8, 4) is 17.2 Å². The zero-order valence-electron chi connectivity index (χ0n) is 17.5. The topological polar surface area (TPSA) is 56.8 Å². The van der Waals surface area contributed by atoms with Crippen LogP contribution in [0.5, 0.6) is 17.2 Å². The van der Waals surface area contributed by atoms with Gasteiger partial charge in [0.1, 0.15) is 5.75 Å². The SMILES string of the molecule is CCOc1ccc([C@H](C)NC(=O)[C@@H](CC)Oc2cccc(C)c2)cc1OCC. The Balaban J connectivity index is 2.08. The van der Waals surface area contributed by atoms with Crippen molar-refractivity contribution in [2.24, 2.45) is 0 Å². The summed E-state index contributed by atoms with van der Waals surface area (Å²) < 4.78 is 17.2. The lowest BCUT2D eigenvalue weighted by atomic mass is 10.1. The third-order valence-corrected chi connectivity index (χ3v) is 4.36. The second-order valence-corrected chi connectivity index (χ2v) is 6.63. The van der Waals surface area contributed by atoms with E-state index in [2.05, 4.69) is 5.32 Å². The number of carbonyl (C=O) groups is 1. The standard InChI is InChI=1S/C23H31NO4/c1-6-20(28-19-11-9-10-16(4)14-19)23(25)24-17(5)18-12-13-21(26-7-2)22(15-18)27-8-3/h9-15,17,20H,6-8H2,1-5H3,(H,24,25)/t17-,20+/m0/s1. The Morgan fingerprint density at radius 1 is 1.00 bits per heavy atom. The van der Waals surface area contributed by atoms with Gasteiger partial charge in [0, 0.05) is 0 Å². The molecule has 2 aromatic rings. The van der Waals surface area contributed by atoms with Crippen LogP contribution in [0.2, 0.25) is 0 Å². The fraction of sp³-hybridized carbons (Fsp3) is 0.435. The highest BCUT2D eigenvalue weighted by Gasteiger charge is 2.21. The number of aryl methyl sites for hydroxylation is 1. The van der Waals surface area contributed by atoms with E-state index in [0.717, 1.165) is 11.1 Å². The van der Waals surface area contributed by atoms with E-state index in [1.54, 1.807) is 0 Å². The smallest absolute Gasteiger partial charge is 0.261 e. The highest BCUT2D eigenvalue weighted by Crippen LogP contribution is 2.30. The van der Waals surface area contributed by atoms with Crippen LogP contribution < -0.4 is 19.5 Å². The van der Waals surface area contributed by atoms with Crippen LogP contribution in [0, 0.1) is 6.92 Å². The van der Waals surface area contributed by atoms with Gasteiger partial charge < -0.3 is 19.5 Å². The molecule has 0 unspecified atom stereocenters. The highest BCUT2D eigenvalue weighted by atomic mass is 16.5. The first kappa shape index (κ1) is 21.6. The average molecular weight is 386 g/mol. The van der Waals surface area contributed by atoms with E-state index < -0.39 is 6.10 Å². The first-order valence-corrected chi connectivity index (χ1v) is 9.91. The van der Waals surface area contributed by atoms with Crippen LogP contribution in [-0.4, -0.2) is 25.2 Å². The maximum absolute atomic E-state index is 12.7. The van der Waals surface area contributed by atoms with Crippen LogP contribution in [0.25, 0.3) is 0 Å². The second-order valence-electron chi connectivity index (χ2n) is 6.63. The summed E-state index contributed by atoms with van der Waals surface area (Å²) >= 11 is 0. The minimum absolute atomic E-state index is 0.136. The van der Waals surface area contributed by atoms with Crippen LogP contribution in [-0.2, 0) is 4.79 Å². The Morgan fingerprint density at radius 3 is 2.36 bits per heavy atom. The van der Waals surface area contributed by atoms with E-state index >= 15 is 0 Å². The van der Waals surface area contributed by atoms with Gasteiger partial charge in [0.05, 0.1) is 19.3 Å². The molecule has 0 aliphatic rings. The van der Waals surface area contributed by atoms with Crippen LogP contribution in [0.4, 0.5) is 0 Å². The number of hydrogen-bond acceptors (Lipinski definition) is 4. The largest absolute Gasteiger partial charge is 0.490 e. The van der Waals surface area contributed by atoms with Gasteiger partial charge in [0.2, 0.25) is 0 Å². The molecular formula is C23H31NO4. The van der Waals surface area contributed by atoms with E-state index in [1.807, 2.05) is 77.1 Å². The third-order valence-electron chi connectivity index (χ3n) is 4.36. The van der Waals surface area contributed by atoms with Crippen LogP contribution in [0.15, 0.2) is 42.5 Å². The molecule has 5 nitrogen and oxygen atoms in total. The maximum Gasteiger partial charge on any atom is 0.261 e. The number of benzene rings is 2. The van der Waals surface area contributed by atoms with Crippen molar-refractivity contribution in [1.29, 1.82) is 0 Å². The van der Waals surface area contributed by atoms with Gasteiger partial charge >= 0.3 is 0 Å². The molecule has 2 rings (SSSR count). The monoisotopic (exact) mass is 385 g/mol. The number of hydrogen-bond donors (Lipinski definition) is 1. The summed E-state index contributed by atoms with van der Waals surface area (Å²) in [5.41, 5.74) is 2.05. The Hall–Kier alpha value is -2.69. The molecule has 0 aliphatic carbocycles. The van der Waals surface area contributed by atoms with Crippen molar-refractivity contribution in [1.82, 2.24) is 5.32 Å². The molecule has 1 amide bonds. The Kier molecular flexibility index (Phi) is 8.18. The molecule has 0 spiro atoms. The minimum atomic E-state index is -0.543. The summed E-state index contributed by atoms with van der Waals surface area (Å²) in [6, 6.07) is 13.3. The molecule has 28 heavy (non-hydrogen) atoms. The summed E-state index contributed by atoms with van der Waals surface area (Å²) in [6.45, 7) is 10.9. The molecule has 0 saturated heterocycles. The predicted molar refractivity (Wildman–Crippen MR) is 111 cm³/mol. The summed E-state index contributed by atoms with van der Waals surface area (Å²) in [5, 5.41) is 3.04. The first-order chi connectivity index (χ1) is 13.5. The van der Waals surface area contributed by atoms with Gasteiger partial charge in [-0.05, 0) is 69.5 Å². The average Bonchev–Trinajstić information content (AvgIpc) is 2.67. The van der Waals surface area contributed by atoms with Gasteiger partial charge in [-0.25, -0.2) is 0 Å². The van der Waals surface area contributed by atoms with E-state index in [1.165, 1.54) is 0 Å². The van der Waals surface area contributed by atoms with E-state index in [4.69, 9.17) is 14.2 Å². The van der Waals surface area contributed by atoms with Gasteiger partial charge in [-0.3, -0.25) is 4.79 Å². The number of carbonyl (C=O) groups excluding carboxylic acids is 1. The van der Waals surface area contributed by atoms with Crippen molar-refractivity contribution in [3.63, 3.8) is 0 Å². The molecular weight excluding hydrogens is 354 g/mol. The molecule has 0 radical (unpaired) electrons. The van der Waals surface area contributed by atoms with Crippen LogP contribution in [0.3, 0.4) is 0 Å². The van der Waals surface area contributed by atoms with Crippen molar-refractivity contribution in [2.75, 3.05) is 13.2 Å². The van der Waals surface area contributed by atoms with Gasteiger partial charge in [-0.15, -0.1) is 0 Å². The molecule has 2 atom stereocenters. The lowest BCUT2D eigenvalue weighted by Crippen LogP contribution is -2.39. The molecule has 1 N–H and O–H groups in total. The number of amides is 1. The van der Waals surface area contributed by atoms with Crippen LogP contribution in [0.1, 0.15) is 51.3 Å². The summed E-state index contributed by atoms with van der Waals surface area (Å²) in [6.07, 6.45) is 0.0401. The van der Waals surface area contributed by atoms with Gasteiger partial charge in [0.15, 0.2) is 17.6 Å². The third kappa shape index (κ3) is 5.91. The quantitative estimate of drug-likeness (QED) is 0.637. The Bertz CT molecular complexity index is 775. The van der Waals surface area contributed by atoms with Gasteiger partial charge in [0.25, 0.3) is 5.91 Å². The Labute approximate surface area is 168 Å². The molecule has 0 aliphatic heterocycles. The summed E-state index contributed by atoms with van der Waals surface area (Å²) in [7, 11) is 0. The fourth-order valence-corrected chi connectivity index (χ4v) is 2.90. The van der Waals surface area contributed by atoms with Crippen LogP contribution >= 0.6 is 0 Å². The first-order valence-electron chi connectivity index (χ1n) is 9.91. The van der Waals surface area contributed by atoms with Crippen molar-refractivity contribution in [3.05, 3.63) is 53.6 Å². The normalized spacial score (nSPS) is 12.8. The summed E-state index contributed by atoms with van der Waals surface area (Å²) in [4.78, 5) is 12.7. The van der Waals surface area contributed by atoms with Gasteiger partial charge in [-0.1, -0.05) is 25.1 Å². The Morgan fingerprint density at radius 2 is 1.71 bits per heavy atom. The molecule has 2 aromatic carbocycles. The minimum Gasteiger partial charge on any atom is -0.490 e. The van der Waals surface area contributed by atoms with E-state index in [9.17, 15) is 4.79 Å². The molecule has 0 fully saturated rings. The van der Waals surface area contributed by atoms with Gasteiger partial charge in [-0.2, -0.15) is 0 Å². The second kappa shape index (κ2) is 10.6. The lowest BCUT2D eigenvalue weighted by Gasteiger charge is -2.22. The lowest BCUT2D eigenvalue weighted by molar-refractivity contribution is -0.128. The molecule has 152 valence electrons. The van der Waals surface area contributed by atoms with E-state index in [0.29, 0.717) is 36.9 Å². The molecule has 0 saturated carbocycles. The summed E-state index contributed by atoms with van der Waals surface area (Å²) in [5.74, 6) is 1.96. The van der Waals surface area contributed by atoms with E-state index in [-0.39, 0.29) is 11.9 Å². The highest BCUT2D eigenvalue weighted by molar-refractivity contribution is 5.81. The van der Waals surface area contributed by atoms with Crippen molar-refractivity contribution in [2.45, 2.75) is 53.2 Å². The van der Waals surface area contributed by atoms with Crippen molar-refractivity contribution < 1.29 is 19.0 Å². The maximum atomic E-state index is 12.7. The number of ether oxygens (including phenoxy) is 3. The zero-order valence-corrected chi connectivity index (χ0v) is 17.5. The van der Waals surface area contributed by atoms with Crippen molar-refractivity contribution >= 4 is 5.91 Å². The zero-order chi connectivity index (χ0) is 20.5. The molecule has 0 aromatic heterocycles. The molecule has 0 bridgehead atoms. The molecule has 0 heterocycles. The number of nitrogens with one attached hydrogen (secondary N) is 1.